The number of ether oxygens (including phenoxy) is 2. The first kappa shape index (κ1) is 23.4. The number of amides is 1. The van der Waals surface area contributed by atoms with Gasteiger partial charge in [-0.25, -0.2) is 13.2 Å². The summed E-state index contributed by atoms with van der Waals surface area (Å²) in [5, 5.41) is 2.01. The zero-order chi connectivity index (χ0) is 22.4. The van der Waals surface area contributed by atoms with Crippen LogP contribution in [0.3, 0.4) is 0 Å². The lowest BCUT2D eigenvalue weighted by atomic mass is 10.1. The van der Waals surface area contributed by atoms with E-state index < -0.39 is 41.1 Å². The van der Waals surface area contributed by atoms with Crippen LogP contribution in [0.25, 0.3) is 0 Å². The van der Waals surface area contributed by atoms with Crippen LogP contribution in [0.5, 0.6) is 5.75 Å². The zero-order valence-electron chi connectivity index (χ0n) is 15.9. The van der Waals surface area contributed by atoms with E-state index in [-0.39, 0.29) is 24.2 Å². The van der Waals surface area contributed by atoms with Crippen LogP contribution < -0.4 is 10.1 Å². The van der Waals surface area contributed by atoms with Crippen molar-refractivity contribution in [2.24, 2.45) is 0 Å². The minimum absolute atomic E-state index is 0.197. The molecular weight excluding hydrogens is 471 g/mol. The molecule has 6 nitrogen and oxygen atoms in total. The summed E-state index contributed by atoms with van der Waals surface area (Å²) in [6, 6.07) is 6.33. The highest BCUT2D eigenvalue weighted by Crippen LogP contribution is 2.25. The Kier molecular flexibility index (Phi) is 7.99. The van der Waals surface area contributed by atoms with E-state index in [2.05, 4.69) is 15.9 Å². The van der Waals surface area contributed by atoms with Gasteiger partial charge in [0.1, 0.15) is 5.75 Å². The number of carbonyl (C=O) groups excluding carboxylic acids is 3. The van der Waals surface area contributed by atoms with Crippen molar-refractivity contribution in [3.05, 3.63) is 57.8 Å². The molecule has 0 radical (unpaired) electrons. The average Bonchev–Trinajstić information content (AvgIpc) is 2.72. The third kappa shape index (κ3) is 5.82. The molecule has 0 aliphatic rings. The Hall–Kier alpha value is -2.88. The fourth-order valence-electron chi connectivity index (χ4n) is 2.41. The van der Waals surface area contributed by atoms with E-state index in [0.717, 1.165) is 6.07 Å². The van der Waals surface area contributed by atoms with Crippen LogP contribution in [-0.4, -0.2) is 30.9 Å². The molecule has 0 fully saturated rings. The molecule has 2 rings (SSSR count). The number of halogens is 4. The Bertz CT molecular complexity index is 983. The van der Waals surface area contributed by atoms with E-state index in [9.17, 15) is 27.6 Å². The Morgan fingerprint density at radius 3 is 2.43 bits per heavy atom. The smallest absolute Gasteiger partial charge is 0.307 e. The molecule has 160 valence electrons. The predicted molar refractivity (Wildman–Crippen MR) is 105 cm³/mol. The van der Waals surface area contributed by atoms with Gasteiger partial charge in [-0.1, -0.05) is 15.9 Å². The second-order valence-electron chi connectivity index (χ2n) is 6.11. The van der Waals surface area contributed by atoms with Gasteiger partial charge >= 0.3 is 5.97 Å². The van der Waals surface area contributed by atoms with Crippen LogP contribution in [0.15, 0.2) is 34.8 Å². The molecule has 0 saturated carbocycles. The zero-order valence-corrected chi connectivity index (χ0v) is 17.5. The number of rotatable bonds is 8. The number of carbonyl (C=O) groups is 3. The van der Waals surface area contributed by atoms with Gasteiger partial charge in [0, 0.05) is 10.9 Å². The summed E-state index contributed by atoms with van der Waals surface area (Å²) in [6.45, 7) is 1.21. The van der Waals surface area contributed by atoms with E-state index in [4.69, 9.17) is 9.47 Å². The van der Waals surface area contributed by atoms with Crippen molar-refractivity contribution in [1.82, 2.24) is 0 Å². The van der Waals surface area contributed by atoms with Crippen molar-refractivity contribution in [3.8, 4) is 5.75 Å². The Balaban J connectivity index is 1.91. The molecule has 10 heteroatoms. The standard InChI is InChI=1S/C20H17BrF3NO5/c1-10(20(28)25-14-5-4-13(22)18(23)19(14)24)30-17(27)8-6-15(26)12-9-11(21)3-7-16(12)29-2/h3-5,7,9-10H,6,8H2,1-2H3,(H,25,28). The summed E-state index contributed by atoms with van der Waals surface area (Å²) >= 11 is 3.25. The lowest BCUT2D eigenvalue weighted by Gasteiger charge is -2.14. The lowest BCUT2D eigenvalue weighted by molar-refractivity contribution is -0.153. The van der Waals surface area contributed by atoms with Crippen LogP contribution in [0, 0.1) is 17.5 Å². The van der Waals surface area contributed by atoms with Gasteiger partial charge in [-0.2, -0.15) is 0 Å². The second kappa shape index (κ2) is 10.2. The third-order valence-electron chi connectivity index (χ3n) is 3.99. The number of benzene rings is 2. The molecule has 0 aromatic heterocycles. The van der Waals surface area contributed by atoms with Crippen LogP contribution in [-0.2, 0) is 14.3 Å². The minimum atomic E-state index is -1.74. The molecule has 2 aromatic carbocycles. The van der Waals surface area contributed by atoms with E-state index in [1.54, 1.807) is 18.2 Å². The van der Waals surface area contributed by atoms with Gasteiger partial charge in [0.25, 0.3) is 5.91 Å². The largest absolute Gasteiger partial charge is 0.496 e. The highest BCUT2D eigenvalue weighted by molar-refractivity contribution is 9.10. The lowest BCUT2D eigenvalue weighted by Crippen LogP contribution is -2.30. The van der Waals surface area contributed by atoms with Crippen molar-refractivity contribution in [2.75, 3.05) is 12.4 Å². The monoisotopic (exact) mass is 487 g/mol. The van der Waals surface area contributed by atoms with Gasteiger partial charge in [0.2, 0.25) is 0 Å². The van der Waals surface area contributed by atoms with Crippen molar-refractivity contribution < 1.29 is 37.0 Å². The number of nitrogens with one attached hydrogen (secondary N) is 1. The summed E-state index contributed by atoms with van der Waals surface area (Å²) in [7, 11) is 1.41. The molecule has 30 heavy (non-hydrogen) atoms. The number of anilines is 1. The molecule has 0 aliphatic heterocycles. The van der Waals surface area contributed by atoms with E-state index in [0.29, 0.717) is 16.3 Å². The van der Waals surface area contributed by atoms with Crippen molar-refractivity contribution in [3.63, 3.8) is 0 Å². The summed E-state index contributed by atoms with van der Waals surface area (Å²) in [5.41, 5.74) is -0.321. The Morgan fingerprint density at radius 1 is 1.07 bits per heavy atom. The van der Waals surface area contributed by atoms with Gasteiger partial charge in [-0.05, 0) is 37.3 Å². The molecule has 1 unspecified atom stereocenters. The summed E-state index contributed by atoms with van der Waals surface area (Å²) < 4.78 is 50.5. The molecule has 1 amide bonds. The van der Waals surface area contributed by atoms with Crippen molar-refractivity contribution >= 4 is 39.3 Å². The molecule has 0 heterocycles. The van der Waals surface area contributed by atoms with Gasteiger partial charge < -0.3 is 14.8 Å². The third-order valence-corrected chi connectivity index (χ3v) is 4.48. The molecule has 2 aromatic rings. The fourth-order valence-corrected chi connectivity index (χ4v) is 2.78. The summed E-state index contributed by atoms with van der Waals surface area (Å²) in [5.74, 6) is -6.53. The Labute approximate surface area is 178 Å². The van der Waals surface area contributed by atoms with Crippen LogP contribution in [0.4, 0.5) is 18.9 Å². The fraction of sp³-hybridized carbons (Fsp3) is 0.250. The van der Waals surface area contributed by atoms with Gasteiger partial charge in [0.15, 0.2) is 29.3 Å². The molecular formula is C20H17BrF3NO5. The van der Waals surface area contributed by atoms with Crippen LogP contribution >= 0.6 is 15.9 Å². The number of ketones is 1. The molecule has 0 bridgehead atoms. The van der Waals surface area contributed by atoms with Crippen molar-refractivity contribution in [1.29, 1.82) is 0 Å². The quantitative estimate of drug-likeness (QED) is 0.338. The average molecular weight is 488 g/mol. The topological polar surface area (TPSA) is 81.7 Å². The first-order valence-electron chi connectivity index (χ1n) is 8.64. The number of hydrogen-bond acceptors (Lipinski definition) is 5. The summed E-state index contributed by atoms with van der Waals surface area (Å²) in [6.07, 6.45) is -1.87. The molecule has 0 spiro atoms. The van der Waals surface area contributed by atoms with Crippen LogP contribution in [0.1, 0.15) is 30.1 Å². The highest BCUT2D eigenvalue weighted by Gasteiger charge is 2.22. The number of Topliss-reactive ketones (excluding diaryl/α,β-unsaturated/α-hetero) is 1. The number of esters is 1. The van der Waals surface area contributed by atoms with E-state index in [1.165, 1.54) is 14.0 Å². The normalized spacial score (nSPS) is 11.5. The van der Waals surface area contributed by atoms with E-state index >= 15 is 0 Å². The predicted octanol–water partition coefficient (Wildman–Crippen LogP) is 4.41. The minimum Gasteiger partial charge on any atom is -0.496 e. The van der Waals surface area contributed by atoms with Gasteiger partial charge in [-0.3, -0.25) is 14.4 Å². The van der Waals surface area contributed by atoms with Crippen LogP contribution in [0.2, 0.25) is 0 Å². The SMILES string of the molecule is COc1ccc(Br)cc1C(=O)CCC(=O)OC(C)C(=O)Nc1ccc(F)c(F)c1F. The summed E-state index contributed by atoms with van der Waals surface area (Å²) in [4.78, 5) is 36.3. The maximum absolute atomic E-state index is 13.6. The highest BCUT2D eigenvalue weighted by atomic mass is 79.9. The maximum atomic E-state index is 13.6. The van der Waals surface area contributed by atoms with Crippen molar-refractivity contribution in [2.45, 2.75) is 25.9 Å². The van der Waals surface area contributed by atoms with Gasteiger partial charge in [-0.15, -0.1) is 0 Å². The second-order valence-corrected chi connectivity index (χ2v) is 7.03. The van der Waals surface area contributed by atoms with E-state index in [1.807, 2.05) is 5.32 Å². The first-order chi connectivity index (χ1) is 14.1. The maximum Gasteiger partial charge on any atom is 0.307 e. The number of methoxy groups -OCH3 is 1. The number of hydrogen-bond donors (Lipinski definition) is 1. The molecule has 0 saturated heterocycles. The molecule has 1 N–H and O–H groups in total. The molecule has 0 aliphatic carbocycles. The van der Waals surface area contributed by atoms with Gasteiger partial charge in [0.05, 0.1) is 24.8 Å². The molecule has 1 atom stereocenters. The first-order valence-corrected chi connectivity index (χ1v) is 9.44. The Morgan fingerprint density at radius 2 is 1.77 bits per heavy atom.